The van der Waals surface area contributed by atoms with E-state index in [0.717, 1.165) is 24.3 Å². The standard InChI is InChI=1S/C27H30O17/c28-6-14-17(32)20(35)23(38)26(43-14)40-9-4-11(31)16-13(5-9)41-25(22(37)19(16)34)8-1-2-10(30)12(3-8)42-27-24(39)21(36)18(33)15(7-29)44-27/h1-5,14-15,17-18,20-21,23-24,26-33,35-39H,6-7H2/t14-,15-,17-,18-,20+,21+,23-,24-,26-,27-/m1/s1. The van der Waals surface area contributed by atoms with E-state index < -0.39 is 114 Å². The molecule has 3 heterocycles. The highest BCUT2D eigenvalue weighted by molar-refractivity contribution is 5.88. The number of aliphatic hydroxyl groups excluding tert-OH is 8. The summed E-state index contributed by atoms with van der Waals surface area (Å²) in [5.74, 6) is -3.31. The van der Waals surface area contributed by atoms with Crippen LogP contribution < -0.4 is 14.9 Å². The molecule has 0 bridgehead atoms. The first-order chi connectivity index (χ1) is 20.9. The van der Waals surface area contributed by atoms with Crippen LogP contribution in [0.25, 0.3) is 22.3 Å². The smallest absolute Gasteiger partial charge is 0.238 e. The van der Waals surface area contributed by atoms with E-state index in [0.29, 0.717) is 0 Å². The van der Waals surface area contributed by atoms with Crippen LogP contribution in [0.2, 0.25) is 0 Å². The molecule has 2 aliphatic rings. The summed E-state index contributed by atoms with van der Waals surface area (Å²) >= 11 is 0. The SMILES string of the molecule is O=c1c(O)c(-c2ccc(O)c(O[C@@H]3O[C@H](CO)[C@@H](O)[C@H](O)[C@H]3O)c2)oc2cc(O[C@@H]3O[C@H](CO)[C@@H](O)[C@H](O)[C@H]3O)cc(O)c12. The Morgan fingerprint density at radius 3 is 1.82 bits per heavy atom. The minimum Gasteiger partial charge on any atom is -0.507 e. The number of aromatic hydroxyl groups is 3. The van der Waals surface area contributed by atoms with Crippen molar-refractivity contribution in [2.75, 3.05) is 13.2 Å². The third-order valence-electron chi connectivity index (χ3n) is 7.34. The quantitative estimate of drug-likeness (QED) is 0.124. The van der Waals surface area contributed by atoms with Gasteiger partial charge in [0.1, 0.15) is 71.3 Å². The normalized spacial score (nSPS) is 32.5. The molecule has 0 unspecified atom stereocenters. The van der Waals surface area contributed by atoms with Crippen LogP contribution in [0.1, 0.15) is 0 Å². The maximum atomic E-state index is 13.0. The van der Waals surface area contributed by atoms with Crippen LogP contribution in [0.15, 0.2) is 39.5 Å². The zero-order valence-corrected chi connectivity index (χ0v) is 22.4. The van der Waals surface area contributed by atoms with Gasteiger partial charge in [-0.2, -0.15) is 0 Å². The zero-order valence-electron chi connectivity index (χ0n) is 22.4. The van der Waals surface area contributed by atoms with E-state index in [9.17, 15) is 61.0 Å². The summed E-state index contributed by atoms with van der Waals surface area (Å²) in [4.78, 5) is 13.0. The van der Waals surface area contributed by atoms with Crippen molar-refractivity contribution in [3.8, 4) is 40.1 Å². The molecular weight excluding hydrogens is 596 g/mol. The van der Waals surface area contributed by atoms with Gasteiger partial charge in [-0.3, -0.25) is 4.79 Å². The Hall–Kier alpha value is -3.75. The highest BCUT2D eigenvalue weighted by atomic mass is 16.7. The summed E-state index contributed by atoms with van der Waals surface area (Å²) < 4.78 is 27.2. The van der Waals surface area contributed by atoms with Crippen molar-refractivity contribution >= 4 is 11.0 Å². The van der Waals surface area contributed by atoms with Gasteiger partial charge in [0.15, 0.2) is 17.3 Å². The van der Waals surface area contributed by atoms with Crippen molar-refractivity contribution in [1.82, 2.24) is 0 Å². The lowest BCUT2D eigenvalue weighted by Gasteiger charge is -2.39. The molecule has 2 fully saturated rings. The predicted molar refractivity (Wildman–Crippen MR) is 142 cm³/mol. The highest BCUT2D eigenvalue weighted by Gasteiger charge is 2.46. The van der Waals surface area contributed by atoms with Gasteiger partial charge in [0.25, 0.3) is 0 Å². The molecule has 17 heteroatoms. The minimum absolute atomic E-state index is 0.0707. The van der Waals surface area contributed by atoms with Crippen molar-refractivity contribution in [3.63, 3.8) is 0 Å². The highest BCUT2D eigenvalue weighted by Crippen LogP contribution is 2.40. The largest absolute Gasteiger partial charge is 0.507 e. The van der Waals surface area contributed by atoms with Crippen molar-refractivity contribution in [3.05, 3.63) is 40.6 Å². The van der Waals surface area contributed by atoms with Crippen LogP contribution in [0.3, 0.4) is 0 Å². The topological polar surface area (TPSA) is 290 Å². The van der Waals surface area contributed by atoms with E-state index in [1.807, 2.05) is 0 Å². The predicted octanol–water partition coefficient (Wildman–Crippen LogP) is -3.07. The lowest BCUT2D eigenvalue weighted by atomic mass is 9.99. The Morgan fingerprint density at radius 2 is 1.25 bits per heavy atom. The first-order valence-corrected chi connectivity index (χ1v) is 13.2. The van der Waals surface area contributed by atoms with Gasteiger partial charge >= 0.3 is 0 Å². The number of aliphatic hydroxyl groups is 8. The molecule has 0 spiro atoms. The second-order valence-corrected chi connectivity index (χ2v) is 10.2. The second-order valence-electron chi connectivity index (χ2n) is 10.2. The average Bonchev–Trinajstić information content (AvgIpc) is 3.00. The summed E-state index contributed by atoms with van der Waals surface area (Å²) in [6.45, 7) is -1.46. The average molecular weight is 627 g/mol. The molecule has 2 aromatic carbocycles. The fourth-order valence-electron chi connectivity index (χ4n) is 4.87. The molecule has 44 heavy (non-hydrogen) atoms. The van der Waals surface area contributed by atoms with Crippen LogP contribution in [-0.4, -0.2) is 131 Å². The molecule has 10 atom stereocenters. The Bertz CT molecular complexity index is 1550. The van der Waals surface area contributed by atoms with E-state index in [-0.39, 0.29) is 16.9 Å². The van der Waals surface area contributed by atoms with Crippen LogP contribution >= 0.6 is 0 Å². The fraction of sp³-hybridized carbons (Fsp3) is 0.444. The molecule has 5 rings (SSSR count). The third kappa shape index (κ3) is 5.61. The maximum Gasteiger partial charge on any atom is 0.238 e. The van der Waals surface area contributed by atoms with Crippen molar-refractivity contribution in [1.29, 1.82) is 0 Å². The summed E-state index contributed by atoms with van der Waals surface area (Å²) in [5.41, 5.74) is -1.49. The van der Waals surface area contributed by atoms with Crippen molar-refractivity contribution in [2.45, 2.75) is 61.4 Å². The van der Waals surface area contributed by atoms with E-state index in [1.54, 1.807) is 0 Å². The number of hydrogen-bond donors (Lipinski definition) is 11. The van der Waals surface area contributed by atoms with E-state index in [1.165, 1.54) is 6.07 Å². The molecule has 0 radical (unpaired) electrons. The lowest BCUT2D eigenvalue weighted by molar-refractivity contribution is -0.277. The zero-order chi connectivity index (χ0) is 32.0. The lowest BCUT2D eigenvalue weighted by Crippen LogP contribution is -2.60. The number of benzene rings is 2. The summed E-state index contributed by atoms with van der Waals surface area (Å²) in [6.07, 6.45) is -16.3. The maximum absolute atomic E-state index is 13.0. The second kappa shape index (κ2) is 12.3. The number of phenolic OH excluding ortho intramolecular Hbond substituents is 2. The molecule has 3 aromatic rings. The number of ether oxygens (including phenoxy) is 4. The van der Waals surface area contributed by atoms with Gasteiger partial charge in [-0.05, 0) is 18.2 Å². The van der Waals surface area contributed by atoms with Crippen LogP contribution in [0, 0.1) is 0 Å². The molecular formula is C27H30O17. The number of rotatable bonds is 7. The van der Waals surface area contributed by atoms with Crippen LogP contribution in [-0.2, 0) is 9.47 Å². The molecule has 2 aliphatic heterocycles. The van der Waals surface area contributed by atoms with Crippen LogP contribution in [0.4, 0.5) is 0 Å². The van der Waals surface area contributed by atoms with Crippen LogP contribution in [0.5, 0.6) is 28.7 Å². The van der Waals surface area contributed by atoms with Crippen molar-refractivity contribution in [2.24, 2.45) is 0 Å². The molecule has 11 N–H and O–H groups in total. The van der Waals surface area contributed by atoms with Gasteiger partial charge < -0.3 is 79.5 Å². The molecule has 2 saturated heterocycles. The van der Waals surface area contributed by atoms with E-state index in [2.05, 4.69) is 0 Å². The van der Waals surface area contributed by atoms with E-state index >= 15 is 0 Å². The Morgan fingerprint density at radius 1 is 0.682 bits per heavy atom. The number of hydrogen-bond acceptors (Lipinski definition) is 17. The summed E-state index contributed by atoms with van der Waals surface area (Å²) in [7, 11) is 0. The Kier molecular flexibility index (Phi) is 8.87. The third-order valence-corrected chi connectivity index (χ3v) is 7.34. The van der Waals surface area contributed by atoms with Gasteiger partial charge in [0.05, 0.1) is 13.2 Å². The summed E-state index contributed by atoms with van der Waals surface area (Å²) in [5, 5.41) is 110. The van der Waals surface area contributed by atoms with Gasteiger partial charge in [0.2, 0.25) is 23.8 Å². The van der Waals surface area contributed by atoms with Gasteiger partial charge in [0, 0.05) is 17.7 Å². The minimum atomic E-state index is -1.81. The molecule has 240 valence electrons. The Balaban J connectivity index is 1.48. The fourth-order valence-corrected chi connectivity index (χ4v) is 4.87. The monoisotopic (exact) mass is 626 g/mol. The van der Waals surface area contributed by atoms with E-state index in [4.69, 9.17) is 23.4 Å². The molecule has 0 amide bonds. The van der Waals surface area contributed by atoms with Crippen molar-refractivity contribution < 1.29 is 79.5 Å². The Labute approximate surface area is 246 Å². The summed E-state index contributed by atoms with van der Waals surface area (Å²) in [6, 6.07) is 5.40. The van der Waals surface area contributed by atoms with Gasteiger partial charge in [-0.1, -0.05) is 0 Å². The first kappa shape index (κ1) is 31.7. The molecule has 0 aliphatic carbocycles. The number of fused-ring (bicyclic) bond motifs is 1. The number of phenols is 2. The molecule has 17 nitrogen and oxygen atoms in total. The van der Waals surface area contributed by atoms with Gasteiger partial charge in [-0.15, -0.1) is 0 Å². The molecule has 0 saturated carbocycles. The first-order valence-electron chi connectivity index (χ1n) is 13.2. The molecule has 1 aromatic heterocycles. The van der Waals surface area contributed by atoms with Gasteiger partial charge in [-0.25, -0.2) is 0 Å².